The van der Waals surface area contributed by atoms with Crippen LogP contribution in [0.3, 0.4) is 0 Å². The molecular weight excluding hydrogens is 443 g/mol. The number of sulfonamides is 1. The van der Waals surface area contributed by atoms with Gasteiger partial charge in [0.05, 0.1) is 18.0 Å². The largest absolute Gasteiger partial charge is 0.416 e. The van der Waals surface area contributed by atoms with Crippen LogP contribution in [0.2, 0.25) is 0 Å². The van der Waals surface area contributed by atoms with Gasteiger partial charge in [0, 0.05) is 24.4 Å². The van der Waals surface area contributed by atoms with Crippen molar-refractivity contribution in [3.05, 3.63) is 52.4 Å². The summed E-state index contributed by atoms with van der Waals surface area (Å²) >= 11 is 0.934. The minimum atomic E-state index is -4.47. The number of nitrogens with zero attached hydrogens (tertiary/aromatic N) is 1. The van der Waals surface area contributed by atoms with Gasteiger partial charge in [-0.05, 0) is 29.8 Å². The van der Waals surface area contributed by atoms with Gasteiger partial charge in [-0.2, -0.15) is 13.2 Å². The lowest BCUT2D eigenvalue weighted by atomic mass is 10.1. The summed E-state index contributed by atoms with van der Waals surface area (Å²) in [5.74, 6) is -1.35. The number of nitrogens with one attached hydrogen (secondary N) is 1. The van der Waals surface area contributed by atoms with Gasteiger partial charge in [-0.3, -0.25) is 9.59 Å². The third-order valence-electron chi connectivity index (χ3n) is 4.57. The van der Waals surface area contributed by atoms with Crippen LogP contribution in [0.4, 0.5) is 13.2 Å². The number of hydrogen-bond acceptors (Lipinski definition) is 5. The molecule has 2 aromatic rings. The van der Waals surface area contributed by atoms with Gasteiger partial charge in [-0.25, -0.2) is 13.6 Å². The summed E-state index contributed by atoms with van der Waals surface area (Å²) < 4.78 is 61.1. The zero-order valence-electron chi connectivity index (χ0n) is 15.5. The minimum absolute atomic E-state index is 0.0185. The molecule has 1 aliphatic rings. The number of thiophene rings is 1. The first-order chi connectivity index (χ1) is 13.9. The quantitative estimate of drug-likeness (QED) is 0.686. The number of benzene rings is 1. The molecule has 2 heterocycles. The summed E-state index contributed by atoms with van der Waals surface area (Å²) in [6.07, 6.45) is -4.52. The second kappa shape index (κ2) is 8.36. The molecule has 1 aliphatic heterocycles. The maximum Gasteiger partial charge on any atom is 0.416 e. The molecule has 0 aliphatic carbocycles. The van der Waals surface area contributed by atoms with Crippen LogP contribution >= 0.6 is 11.3 Å². The predicted molar refractivity (Wildman–Crippen MR) is 103 cm³/mol. The fraction of sp³-hybridized carbons (Fsp3) is 0.333. The van der Waals surface area contributed by atoms with Crippen LogP contribution in [-0.4, -0.2) is 31.7 Å². The molecular formula is C18H18F3N3O4S2. The van der Waals surface area contributed by atoms with Gasteiger partial charge >= 0.3 is 6.18 Å². The van der Waals surface area contributed by atoms with Crippen LogP contribution in [-0.2, 0) is 38.9 Å². The van der Waals surface area contributed by atoms with Gasteiger partial charge in [0.25, 0.3) is 0 Å². The first kappa shape index (κ1) is 22.2. The van der Waals surface area contributed by atoms with Gasteiger partial charge in [0.1, 0.15) is 4.21 Å². The van der Waals surface area contributed by atoms with Gasteiger partial charge in [-0.1, -0.05) is 12.1 Å². The smallest absolute Gasteiger partial charge is 0.351 e. The maximum atomic E-state index is 12.8. The van der Waals surface area contributed by atoms with E-state index in [-0.39, 0.29) is 42.1 Å². The van der Waals surface area contributed by atoms with Crippen molar-refractivity contribution < 1.29 is 31.2 Å². The Kier molecular flexibility index (Phi) is 6.20. The number of halogens is 3. The fourth-order valence-corrected chi connectivity index (χ4v) is 4.81. The van der Waals surface area contributed by atoms with Crippen molar-refractivity contribution in [2.75, 3.05) is 6.54 Å². The average molecular weight is 461 g/mol. The molecule has 1 fully saturated rings. The zero-order valence-corrected chi connectivity index (χ0v) is 17.1. The van der Waals surface area contributed by atoms with Crippen LogP contribution in [0.25, 0.3) is 0 Å². The minimum Gasteiger partial charge on any atom is -0.351 e. The molecule has 1 unspecified atom stereocenters. The van der Waals surface area contributed by atoms with E-state index in [0.29, 0.717) is 10.4 Å². The van der Waals surface area contributed by atoms with Crippen molar-refractivity contribution in [1.82, 2.24) is 10.2 Å². The molecule has 0 saturated carbocycles. The van der Waals surface area contributed by atoms with E-state index >= 15 is 0 Å². The van der Waals surface area contributed by atoms with E-state index in [1.54, 1.807) is 0 Å². The lowest BCUT2D eigenvalue weighted by Crippen LogP contribution is -2.32. The van der Waals surface area contributed by atoms with Crippen LogP contribution < -0.4 is 10.5 Å². The first-order valence-corrected chi connectivity index (χ1v) is 11.1. The van der Waals surface area contributed by atoms with Crippen LogP contribution in [0.15, 0.2) is 40.6 Å². The van der Waals surface area contributed by atoms with Crippen LogP contribution in [0.1, 0.15) is 22.4 Å². The number of carbonyl (C=O) groups excluding carboxylic acids is 2. The Bertz CT molecular complexity index is 1070. The molecule has 7 nitrogen and oxygen atoms in total. The van der Waals surface area contributed by atoms with E-state index in [4.69, 9.17) is 5.14 Å². The summed E-state index contributed by atoms with van der Waals surface area (Å²) in [5, 5.41) is 7.69. The number of rotatable bonds is 6. The Balaban J connectivity index is 1.57. The molecule has 0 bridgehead atoms. The van der Waals surface area contributed by atoms with Crippen molar-refractivity contribution in [3.63, 3.8) is 0 Å². The summed E-state index contributed by atoms with van der Waals surface area (Å²) in [7, 11) is -3.81. The van der Waals surface area contributed by atoms with Gasteiger partial charge in [-0.15, -0.1) is 11.3 Å². The van der Waals surface area contributed by atoms with Crippen molar-refractivity contribution in [2.45, 2.75) is 29.9 Å². The van der Waals surface area contributed by atoms with E-state index in [1.807, 2.05) is 0 Å². The first-order valence-electron chi connectivity index (χ1n) is 8.76. The molecule has 162 valence electrons. The van der Waals surface area contributed by atoms with Crippen molar-refractivity contribution in [1.29, 1.82) is 0 Å². The average Bonchev–Trinajstić information content (AvgIpc) is 3.26. The molecule has 3 N–H and O–H groups in total. The molecule has 2 amide bonds. The fourth-order valence-electron chi connectivity index (χ4n) is 3.09. The normalized spacial score (nSPS) is 17.4. The van der Waals surface area contributed by atoms with Gasteiger partial charge in [0.15, 0.2) is 0 Å². The highest BCUT2D eigenvalue weighted by Crippen LogP contribution is 2.30. The molecule has 30 heavy (non-hydrogen) atoms. The van der Waals surface area contributed by atoms with Crippen LogP contribution in [0.5, 0.6) is 0 Å². The SMILES string of the molecule is NS(=O)(=O)c1ccc(CNC(=O)C2CC(=O)N(Cc3cccc(C(F)(F)F)c3)C2)s1. The Morgan fingerprint density at radius 2 is 2.00 bits per heavy atom. The topological polar surface area (TPSA) is 110 Å². The second-order valence-electron chi connectivity index (χ2n) is 6.86. The number of likely N-dealkylation sites (tertiary alicyclic amines) is 1. The highest BCUT2D eigenvalue weighted by atomic mass is 32.2. The van der Waals surface area contributed by atoms with E-state index in [9.17, 15) is 31.2 Å². The van der Waals surface area contributed by atoms with E-state index in [1.165, 1.54) is 29.2 Å². The van der Waals surface area contributed by atoms with Crippen molar-refractivity contribution in [2.24, 2.45) is 11.1 Å². The summed E-state index contributed by atoms with van der Waals surface area (Å²) in [6.45, 7) is 0.153. The molecule has 1 saturated heterocycles. The number of primary sulfonamides is 1. The monoisotopic (exact) mass is 461 g/mol. The molecule has 1 atom stereocenters. The zero-order chi connectivity index (χ0) is 22.1. The summed E-state index contributed by atoms with van der Waals surface area (Å²) in [4.78, 5) is 26.5. The molecule has 1 aromatic carbocycles. The molecule has 0 spiro atoms. The Morgan fingerprint density at radius 3 is 2.63 bits per heavy atom. The standard InChI is InChI=1S/C18H18F3N3O4S2/c19-18(20,21)13-3-1-2-11(6-13)9-24-10-12(7-15(24)25)17(26)23-8-14-4-5-16(29-14)30(22,27)28/h1-6,12H,7-10H2,(H,23,26)(H2,22,27,28). The Hall–Kier alpha value is -2.44. The summed E-state index contributed by atoms with van der Waals surface area (Å²) in [6, 6.07) is 7.59. The molecule has 12 heteroatoms. The third-order valence-corrected chi connectivity index (χ3v) is 7.09. The highest BCUT2D eigenvalue weighted by molar-refractivity contribution is 7.91. The third kappa shape index (κ3) is 5.37. The summed E-state index contributed by atoms with van der Waals surface area (Å²) in [5.41, 5.74) is -0.468. The maximum absolute atomic E-state index is 12.8. The predicted octanol–water partition coefficient (Wildman–Crippen LogP) is 2.08. The Morgan fingerprint density at radius 1 is 1.27 bits per heavy atom. The number of amides is 2. The van der Waals surface area contributed by atoms with Gasteiger partial charge < -0.3 is 10.2 Å². The molecule has 0 radical (unpaired) electrons. The number of nitrogens with two attached hydrogens (primary N) is 1. The lowest BCUT2D eigenvalue weighted by Gasteiger charge is -2.17. The van der Waals surface area contributed by atoms with Crippen LogP contribution in [0, 0.1) is 5.92 Å². The van der Waals surface area contributed by atoms with E-state index < -0.39 is 27.7 Å². The molecule has 3 rings (SSSR count). The Labute approximate surface area is 174 Å². The second-order valence-corrected chi connectivity index (χ2v) is 9.81. The van der Waals surface area contributed by atoms with Gasteiger partial charge in [0.2, 0.25) is 21.8 Å². The number of carbonyl (C=O) groups is 2. The number of hydrogen-bond donors (Lipinski definition) is 2. The molecule has 1 aromatic heterocycles. The number of alkyl halides is 3. The van der Waals surface area contributed by atoms with Crippen molar-refractivity contribution >= 4 is 33.2 Å². The lowest BCUT2D eigenvalue weighted by molar-refractivity contribution is -0.137. The van der Waals surface area contributed by atoms with E-state index in [2.05, 4.69) is 5.32 Å². The highest BCUT2D eigenvalue weighted by Gasteiger charge is 2.35. The van der Waals surface area contributed by atoms with E-state index in [0.717, 1.165) is 23.5 Å². The van der Waals surface area contributed by atoms with Crippen molar-refractivity contribution in [3.8, 4) is 0 Å².